The van der Waals surface area contributed by atoms with Gasteiger partial charge in [0, 0.05) is 6.54 Å². The van der Waals surface area contributed by atoms with Crippen molar-refractivity contribution in [1.29, 1.82) is 0 Å². The van der Waals surface area contributed by atoms with Crippen molar-refractivity contribution in [2.75, 3.05) is 13.7 Å². The van der Waals surface area contributed by atoms with Crippen molar-refractivity contribution in [3.63, 3.8) is 0 Å². The fourth-order valence-electron chi connectivity index (χ4n) is 2.87. The SMILES string of the molecule is COC(=O)c1c(C)oc(C)c1S(=O)(=O)N1CCCCC1C(=O)O. The summed E-state index contributed by atoms with van der Waals surface area (Å²) >= 11 is 0. The zero-order valence-electron chi connectivity index (χ0n) is 13.2. The van der Waals surface area contributed by atoms with Gasteiger partial charge in [-0.3, -0.25) is 4.79 Å². The largest absolute Gasteiger partial charge is 0.480 e. The maximum atomic E-state index is 13.0. The minimum atomic E-state index is -4.19. The number of hydrogen-bond donors (Lipinski definition) is 1. The van der Waals surface area contributed by atoms with E-state index in [1.807, 2.05) is 0 Å². The molecular weight excluding hydrogens is 326 g/mol. The van der Waals surface area contributed by atoms with Crippen LogP contribution in [-0.2, 0) is 19.6 Å². The van der Waals surface area contributed by atoms with Gasteiger partial charge < -0.3 is 14.3 Å². The minimum absolute atomic E-state index is 0.0395. The molecular formula is C14H19NO7S. The van der Waals surface area contributed by atoms with E-state index in [0.29, 0.717) is 12.8 Å². The molecule has 0 aliphatic carbocycles. The number of methoxy groups -OCH3 is 1. The lowest BCUT2D eigenvalue weighted by molar-refractivity contribution is -0.142. The Kier molecular flexibility index (Phi) is 4.81. The highest BCUT2D eigenvalue weighted by molar-refractivity contribution is 7.89. The van der Waals surface area contributed by atoms with E-state index in [2.05, 4.69) is 4.74 Å². The summed E-state index contributed by atoms with van der Waals surface area (Å²) in [6.07, 6.45) is 1.43. The maximum absolute atomic E-state index is 13.0. The molecule has 2 heterocycles. The Morgan fingerprint density at radius 3 is 2.48 bits per heavy atom. The molecule has 1 atom stereocenters. The van der Waals surface area contributed by atoms with Crippen LogP contribution in [-0.4, -0.2) is 49.5 Å². The standard InChI is InChI=1S/C14H19NO7S/c1-8-11(14(18)21-3)12(9(2)22-8)23(19,20)15-7-5-4-6-10(15)13(16)17/h10H,4-7H2,1-3H3,(H,16,17). The minimum Gasteiger partial charge on any atom is -0.480 e. The van der Waals surface area contributed by atoms with Gasteiger partial charge in [0.25, 0.3) is 0 Å². The molecule has 1 aromatic heterocycles. The van der Waals surface area contributed by atoms with Gasteiger partial charge >= 0.3 is 11.9 Å². The summed E-state index contributed by atoms with van der Waals surface area (Å²) in [7, 11) is -3.05. The monoisotopic (exact) mass is 345 g/mol. The Morgan fingerprint density at radius 1 is 1.26 bits per heavy atom. The van der Waals surface area contributed by atoms with E-state index in [-0.39, 0.29) is 34.9 Å². The number of ether oxygens (including phenoxy) is 1. The number of carbonyl (C=O) groups excluding carboxylic acids is 1. The van der Waals surface area contributed by atoms with Crippen LogP contribution in [0.15, 0.2) is 9.31 Å². The van der Waals surface area contributed by atoms with Crippen molar-refractivity contribution < 1.29 is 32.3 Å². The lowest BCUT2D eigenvalue weighted by Crippen LogP contribution is -2.48. The molecule has 1 fully saturated rings. The number of esters is 1. The van der Waals surface area contributed by atoms with Crippen LogP contribution >= 0.6 is 0 Å². The maximum Gasteiger partial charge on any atom is 0.342 e. The predicted octanol–water partition coefficient (Wildman–Crippen LogP) is 1.31. The Hall–Kier alpha value is -1.87. The second-order valence-electron chi connectivity index (χ2n) is 5.38. The van der Waals surface area contributed by atoms with E-state index >= 15 is 0 Å². The quantitative estimate of drug-likeness (QED) is 0.818. The lowest BCUT2D eigenvalue weighted by atomic mass is 10.1. The van der Waals surface area contributed by atoms with Crippen LogP contribution in [0.3, 0.4) is 0 Å². The summed E-state index contributed by atoms with van der Waals surface area (Å²) in [4.78, 5) is 23.0. The Morgan fingerprint density at radius 2 is 1.91 bits per heavy atom. The summed E-state index contributed by atoms with van der Waals surface area (Å²) in [5, 5.41) is 9.30. The molecule has 2 rings (SSSR count). The first-order valence-corrected chi connectivity index (χ1v) is 8.58. The average molecular weight is 345 g/mol. The van der Waals surface area contributed by atoms with E-state index in [9.17, 15) is 23.1 Å². The number of aryl methyl sites for hydroxylation is 2. The third-order valence-electron chi connectivity index (χ3n) is 3.90. The summed E-state index contributed by atoms with van der Waals surface area (Å²) in [5.74, 6) is -1.87. The van der Waals surface area contributed by atoms with E-state index < -0.39 is 28.0 Å². The highest BCUT2D eigenvalue weighted by Gasteiger charge is 2.42. The molecule has 1 aromatic rings. The van der Waals surface area contributed by atoms with Crippen molar-refractivity contribution in [1.82, 2.24) is 4.31 Å². The van der Waals surface area contributed by atoms with Crippen LogP contribution in [0, 0.1) is 13.8 Å². The Balaban J connectivity index is 2.60. The Labute approximate surface area is 134 Å². The lowest BCUT2D eigenvalue weighted by Gasteiger charge is -2.31. The number of carbonyl (C=O) groups is 2. The number of piperidine rings is 1. The molecule has 1 aliphatic heterocycles. The van der Waals surface area contributed by atoms with E-state index in [0.717, 1.165) is 11.4 Å². The van der Waals surface area contributed by atoms with Gasteiger partial charge in [-0.2, -0.15) is 4.31 Å². The van der Waals surface area contributed by atoms with Crippen LogP contribution in [0.5, 0.6) is 0 Å². The van der Waals surface area contributed by atoms with Crippen LogP contribution in [0.4, 0.5) is 0 Å². The zero-order valence-corrected chi connectivity index (χ0v) is 14.0. The number of aliphatic carboxylic acids is 1. The van der Waals surface area contributed by atoms with E-state index in [4.69, 9.17) is 4.42 Å². The molecule has 8 nitrogen and oxygen atoms in total. The van der Waals surface area contributed by atoms with Gasteiger partial charge in [0.2, 0.25) is 10.0 Å². The average Bonchev–Trinajstić information content (AvgIpc) is 2.81. The van der Waals surface area contributed by atoms with Crippen molar-refractivity contribution in [3.8, 4) is 0 Å². The van der Waals surface area contributed by atoms with Crippen molar-refractivity contribution in [2.45, 2.75) is 44.0 Å². The molecule has 0 saturated carbocycles. The molecule has 1 aliphatic rings. The topological polar surface area (TPSA) is 114 Å². The number of carboxylic acid groups (broad SMARTS) is 1. The fourth-order valence-corrected chi connectivity index (χ4v) is 4.89. The first kappa shape index (κ1) is 17.5. The van der Waals surface area contributed by atoms with Gasteiger partial charge in [-0.25, -0.2) is 13.2 Å². The second-order valence-corrected chi connectivity index (χ2v) is 7.20. The number of hydrogen-bond acceptors (Lipinski definition) is 6. The molecule has 9 heteroatoms. The van der Waals surface area contributed by atoms with Crippen molar-refractivity contribution in [2.24, 2.45) is 0 Å². The van der Waals surface area contributed by atoms with Crippen molar-refractivity contribution in [3.05, 3.63) is 17.1 Å². The third kappa shape index (κ3) is 2.98. The molecule has 23 heavy (non-hydrogen) atoms. The predicted molar refractivity (Wildman–Crippen MR) is 78.7 cm³/mol. The summed E-state index contributed by atoms with van der Waals surface area (Å²) in [6, 6.07) is -1.14. The molecule has 0 bridgehead atoms. The van der Waals surface area contributed by atoms with Crippen LogP contribution in [0.1, 0.15) is 41.1 Å². The van der Waals surface area contributed by atoms with Gasteiger partial charge in [0.05, 0.1) is 7.11 Å². The number of nitrogens with zero attached hydrogens (tertiary/aromatic N) is 1. The molecule has 1 N–H and O–H groups in total. The summed E-state index contributed by atoms with van der Waals surface area (Å²) in [5.41, 5.74) is -0.181. The van der Waals surface area contributed by atoms with Gasteiger partial charge in [0.15, 0.2) is 0 Å². The fraction of sp³-hybridized carbons (Fsp3) is 0.571. The highest BCUT2D eigenvalue weighted by atomic mass is 32.2. The number of sulfonamides is 1. The van der Waals surface area contributed by atoms with Crippen molar-refractivity contribution >= 4 is 22.0 Å². The smallest absolute Gasteiger partial charge is 0.342 e. The summed E-state index contributed by atoms with van der Waals surface area (Å²) < 4.78 is 36.8. The number of carboxylic acids is 1. The van der Waals surface area contributed by atoms with Crippen LogP contribution in [0.25, 0.3) is 0 Å². The molecule has 1 unspecified atom stereocenters. The molecule has 1 saturated heterocycles. The van der Waals surface area contributed by atoms with Gasteiger partial charge in [-0.1, -0.05) is 0 Å². The molecule has 128 valence electrons. The summed E-state index contributed by atoms with van der Waals surface area (Å²) in [6.45, 7) is 2.97. The molecule has 0 amide bonds. The zero-order chi connectivity index (χ0) is 17.4. The van der Waals surface area contributed by atoms with E-state index in [1.54, 1.807) is 0 Å². The second kappa shape index (κ2) is 6.32. The van der Waals surface area contributed by atoms with Gasteiger partial charge in [-0.05, 0) is 33.1 Å². The first-order valence-electron chi connectivity index (χ1n) is 7.14. The van der Waals surface area contributed by atoms with E-state index in [1.165, 1.54) is 13.8 Å². The number of rotatable bonds is 4. The molecule has 0 spiro atoms. The first-order chi connectivity index (χ1) is 10.7. The van der Waals surface area contributed by atoms with Crippen LogP contribution < -0.4 is 0 Å². The highest BCUT2D eigenvalue weighted by Crippen LogP contribution is 2.33. The van der Waals surface area contributed by atoms with Crippen LogP contribution in [0.2, 0.25) is 0 Å². The van der Waals surface area contributed by atoms with Gasteiger partial charge in [-0.15, -0.1) is 0 Å². The Bertz CT molecular complexity index is 735. The normalized spacial score (nSPS) is 19.5. The third-order valence-corrected chi connectivity index (χ3v) is 5.96. The molecule has 0 aromatic carbocycles. The van der Waals surface area contributed by atoms with Gasteiger partial charge in [0.1, 0.15) is 28.0 Å². The number of furan rings is 1. The molecule has 0 radical (unpaired) electrons.